The van der Waals surface area contributed by atoms with Crippen molar-refractivity contribution in [1.82, 2.24) is 0 Å². The van der Waals surface area contributed by atoms with Gasteiger partial charge in [0, 0.05) is 16.1 Å². The molecule has 1 aromatic heterocycles. The molecule has 3 aromatic rings. The molecule has 1 N–H and O–H groups in total. The first-order chi connectivity index (χ1) is 12.3. The monoisotopic (exact) mass is 387 g/mol. The van der Waals surface area contributed by atoms with E-state index < -0.39 is 15.7 Å². The molecule has 0 saturated heterocycles. The highest BCUT2D eigenvalue weighted by atomic mass is 32.2. The van der Waals surface area contributed by atoms with Gasteiger partial charge in [0.25, 0.3) is 5.91 Å². The van der Waals surface area contributed by atoms with Gasteiger partial charge < -0.3 is 5.32 Å². The van der Waals surface area contributed by atoms with Crippen molar-refractivity contribution in [2.45, 2.75) is 17.6 Å². The van der Waals surface area contributed by atoms with Crippen LogP contribution in [0.3, 0.4) is 0 Å². The molecule has 0 aliphatic carbocycles. The van der Waals surface area contributed by atoms with Gasteiger partial charge in [0.1, 0.15) is 5.82 Å². The van der Waals surface area contributed by atoms with Crippen molar-refractivity contribution in [2.24, 2.45) is 0 Å². The van der Waals surface area contributed by atoms with Gasteiger partial charge in [-0.2, -0.15) is 0 Å². The van der Waals surface area contributed by atoms with E-state index in [0.29, 0.717) is 32.2 Å². The van der Waals surface area contributed by atoms with Crippen LogP contribution in [0.5, 0.6) is 0 Å². The third-order valence-corrected chi connectivity index (χ3v) is 7.20. The molecule has 0 radical (unpaired) electrons. The van der Waals surface area contributed by atoms with E-state index in [-0.39, 0.29) is 11.7 Å². The first-order valence-corrected chi connectivity index (χ1v) is 10.3. The summed E-state index contributed by atoms with van der Waals surface area (Å²) in [6, 6.07) is 12.9. The average molecular weight is 387 g/mol. The van der Waals surface area contributed by atoms with Crippen LogP contribution in [0.2, 0.25) is 0 Å². The summed E-state index contributed by atoms with van der Waals surface area (Å²) in [5.41, 5.74) is 2.10. The number of nitrogens with one attached hydrogen (secondary N) is 1. The zero-order valence-corrected chi connectivity index (χ0v) is 15.4. The molecular formula is C19H14FNO3S2. The Morgan fingerprint density at radius 2 is 1.92 bits per heavy atom. The lowest BCUT2D eigenvalue weighted by Gasteiger charge is -2.15. The summed E-state index contributed by atoms with van der Waals surface area (Å²) in [4.78, 5) is 14.0. The zero-order valence-electron chi connectivity index (χ0n) is 13.7. The van der Waals surface area contributed by atoms with Crippen LogP contribution in [0.1, 0.15) is 20.8 Å². The maximum atomic E-state index is 13.7. The van der Waals surface area contributed by atoms with Crippen molar-refractivity contribution in [3.63, 3.8) is 0 Å². The highest BCUT2D eigenvalue weighted by molar-refractivity contribution is 7.91. The summed E-state index contributed by atoms with van der Waals surface area (Å²) in [6.07, 6.45) is 0. The molecule has 4 rings (SSSR count). The number of rotatable bonds is 2. The molecule has 0 bridgehead atoms. The van der Waals surface area contributed by atoms with Crippen molar-refractivity contribution < 1.29 is 17.6 Å². The van der Waals surface area contributed by atoms with Crippen molar-refractivity contribution >= 4 is 32.8 Å². The fourth-order valence-corrected chi connectivity index (χ4v) is 5.80. The number of thiophene rings is 1. The van der Waals surface area contributed by atoms with Gasteiger partial charge >= 0.3 is 0 Å². The van der Waals surface area contributed by atoms with Gasteiger partial charge in [-0.25, -0.2) is 12.8 Å². The van der Waals surface area contributed by atoms with Crippen molar-refractivity contribution in [3.05, 3.63) is 70.4 Å². The molecule has 7 heteroatoms. The lowest BCUT2D eigenvalue weighted by atomic mass is 10.1. The number of anilines is 1. The Morgan fingerprint density at radius 1 is 1.15 bits per heavy atom. The van der Waals surface area contributed by atoms with Gasteiger partial charge in [-0.1, -0.05) is 24.3 Å². The maximum Gasteiger partial charge on any atom is 0.265 e. The predicted molar refractivity (Wildman–Crippen MR) is 99.7 cm³/mol. The summed E-state index contributed by atoms with van der Waals surface area (Å²) in [7, 11) is -3.41. The van der Waals surface area contributed by atoms with Crippen LogP contribution in [0.25, 0.3) is 10.4 Å². The summed E-state index contributed by atoms with van der Waals surface area (Å²) < 4.78 is 38.5. The lowest BCUT2D eigenvalue weighted by molar-refractivity contribution is 0.103. The minimum Gasteiger partial charge on any atom is -0.321 e. The number of hydrogen-bond donors (Lipinski definition) is 1. The quantitative estimate of drug-likeness (QED) is 0.709. The van der Waals surface area contributed by atoms with Crippen LogP contribution >= 0.6 is 11.3 Å². The van der Waals surface area contributed by atoms with Crippen LogP contribution < -0.4 is 5.32 Å². The highest BCUT2D eigenvalue weighted by Crippen LogP contribution is 2.42. The number of hydrogen-bond acceptors (Lipinski definition) is 4. The summed E-state index contributed by atoms with van der Waals surface area (Å²) >= 11 is 1.24. The molecule has 0 atom stereocenters. The number of fused-ring (bicyclic) bond motifs is 3. The molecule has 2 heterocycles. The second-order valence-corrected chi connectivity index (χ2v) is 9.15. The largest absolute Gasteiger partial charge is 0.321 e. The molecule has 132 valence electrons. The molecule has 2 aromatic carbocycles. The fourth-order valence-electron chi connectivity index (χ4n) is 2.95. The molecule has 4 nitrogen and oxygen atoms in total. The number of carbonyl (C=O) groups excluding carboxylic acids is 1. The third-order valence-electron chi connectivity index (χ3n) is 4.27. The molecule has 0 unspecified atom stereocenters. The van der Waals surface area contributed by atoms with Crippen molar-refractivity contribution in [1.29, 1.82) is 0 Å². The normalized spacial score (nSPS) is 14.4. The van der Waals surface area contributed by atoms with E-state index in [4.69, 9.17) is 0 Å². The van der Waals surface area contributed by atoms with E-state index in [1.54, 1.807) is 49.4 Å². The molecule has 1 amide bonds. The molecule has 1 aliphatic heterocycles. The number of aryl methyl sites for hydroxylation is 1. The summed E-state index contributed by atoms with van der Waals surface area (Å²) in [6.45, 7) is 1.64. The molecule has 0 fully saturated rings. The minimum absolute atomic E-state index is 0.123. The third kappa shape index (κ3) is 2.83. The zero-order chi connectivity index (χ0) is 18.5. The number of benzene rings is 2. The Morgan fingerprint density at radius 3 is 2.69 bits per heavy atom. The number of carbonyl (C=O) groups is 1. The lowest BCUT2D eigenvalue weighted by Crippen LogP contribution is -2.11. The minimum atomic E-state index is -3.41. The standard InChI is InChI=1S/C19H14FNO3S2/c1-11-6-7-13(9-15(11)20)21-19(22)16-8-12-10-26(23,24)17-5-3-2-4-14(17)18(12)25-16/h2-9H,10H2,1H3,(H,21,22). The molecule has 0 spiro atoms. The van der Waals surface area contributed by atoms with Crippen LogP contribution in [0.15, 0.2) is 53.4 Å². The first kappa shape index (κ1) is 16.9. The Bertz CT molecular complexity index is 1150. The van der Waals surface area contributed by atoms with Crippen LogP contribution in [0, 0.1) is 12.7 Å². The van der Waals surface area contributed by atoms with E-state index in [1.165, 1.54) is 17.4 Å². The summed E-state index contributed by atoms with van der Waals surface area (Å²) in [5.74, 6) is -0.904. The van der Waals surface area contributed by atoms with Gasteiger partial charge in [-0.3, -0.25) is 4.79 Å². The van der Waals surface area contributed by atoms with Gasteiger partial charge in [0.2, 0.25) is 0 Å². The van der Waals surface area contributed by atoms with Gasteiger partial charge in [0.15, 0.2) is 9.84 Å². The predicted octanol–water partition coefficient (Wildman–Crippen LogP) is 4.40. The number of amides is 1. The maximum absolute atomic E-state index is 13.7. The van der Waals surface area contributed by atoms with Gasteiger partial charge in [0.05, 0.1) is 15.5 Å². The molecule has 0 saturated carbocycles. The number of halogens is 1. The van der Waals surface area contributed by atoms with E-state index in [2.05, 4.69) is 5.32 Å². The topological polar surface area (TPSA) is 63.2 Å². The fraction of sp³-hybridized carbons (Fsp3) is 0.105. The Balaban J connectivity index is 1.70. The van der Waals surface area contributed by atoms with Crippen LogP contribution in [-0.4, -0.2) is 14.3 Å². The van der Waals surface area contributed by atoms with E-state index in [1.807, 2.05) is 0 Å². The Labute approximate surface area is 154 Å². The molecular weight excluding hydrogens is 373 g/mol. The van der Waals surface area contributed by atoms with Gasteiger partial charge in [-0.05, 0) is 42.3 Å². The second kappa shape index (κ2) is 6.03. The average Bonchev–Trinajstić information content (AvgIpc) is 3.02. The molecule has 26 heavy (non-hydrogen) atoms. The Kier molecular flexibility index (Phi) is 3.93. The second-order valence-electron chi connectivity index (χ2n) is 6.14. The highest BCUT2D eigenvalue weighted by Gasteiger charge is 2.30. The van der Waals surface area contributed by atoms with Crippen molar-refractivity contribution in [2.75, 3.05) is 5.32 Å². The summed E-state index contributed by atoms with van der Waals surface area (Å²) in [5, 5.41) is 2.66. The first-order valence-electron chi connectivity index (χ1n) is 7.87. The van der Waals surface area contributed by atoms with Crippen LogP contribution in [0.4, 0.5) is 10.1 Å². The Hall–Kier alpha value is -2.51. The van der Waals surface area contributed by atoms with E-state index in [9.17, 15) is 17.6 Å². The smallest absolute Gasteiger partial charge is 0.265 e. The number of sulfone groups is 1. The SMILES string of the molecule is Cc1ccc(NC(=O)c2cc3c(s2)-c2ccccc2S(=O)(=O)C3)cc1F. The molecule has 1 aliphatic rings. The van der Waals surface area contributed by atoms with Crippen molar-refractivity contribution in [3.8, 4) is 10.4 Å². The van der Waals surface area contributed by atoms with E-state index in [0.717, 1.165) is 4.88 Å². The van der Waals surface area contributed by atoms with Crippen LogP contribution in [-0.2, 0) is 15.6 Å². The van der Waals surface area contributed by atoms with Gasteiger partial charge in [-0.15, -0.1) is 11.3 Å². The van der Waals surface area contributed by atoms with E-state index >= 15 is 0 Å².